The zero-order valence-corrected chi connectivity index (χ0v) is 10.5. The lowest BCUT2D eigenvalue weighted by Crippen LogP contribution is -2.43. The van der Waals surface area contributed by atoms with Crippen LogP contribution in [-0.4, -0.2) is 46.5 Å². The third-order valence-corrected chi connectivity index (χ3v) is 3.09. The number of piperidine rings is 1. The highest BCUT2D eigenvalue weighted by Gasteiger charge is 2.20. The molecule has 0 aliphatic carbocycles. The first-order valence-electron chi connectivity index (χ1n) is 6.16. The molecule has 1 aliphatic heterocycles. The van der Waals surface area contributed by atoms with Gasteiger partial charge in [0.1, 0.15) is 11.9 Å². The first-order valence-corrected chi connectivity index (χ1v) is 6.16. The Morgan fingerprint density at radius 3 is 2.74 bits per heavy atom. The van der Waals surface area contributed by atoms with Gasteiger partial charge in [0.15, 0.2) is 5.69 Å². The van der Waals surface area contributed by atoms with Crippen LogP contribution in [0.2, 0.25) is 0 Å². The van der Waals surface area contributed by atoms with E-state index in [-0.39, 0.29) is 5.91 Å². The molecule has 1 aromatic rings. The molecule has 0 saturated carbocycles. The standard InChI is InChI=1S/C12H16N6O/c13-5-10-6-16-12(7-15-10)17-9-1-3-18(4-2-9)8-11(14)19/h6-7,9H,1-4,8H2,(H2,14,19)(H,16,17). The van der Waals surface area contributed by atoms with Crippen molar-refractivity contribution in [1.29, 1.82) is 5.26 Å². The monoisotopic (exact) mass is 260 g/mol. The maximum Gasteiger partial charge on any atom is 0.231 e. The van der Waals surface area contributed by atoms with E-state index < -0.39 is 0 Å². The third kappa shape index (κ3) is 3.89. The fourth-order valence-corrected chi connectivity index (χ4v) is 2.13. The Balaban J connectivity index is 1.82. The van der Waals surface area contributed by atoms with Crippen LogP contribution < -0.4 is 11.1 Å². The molecule has 1 aliphatic rings. The molecule has 7 heteroatoms. The van der Waals surface area contributed by atoms with E-state index in [1.54, 1.807) is 6.20 Å². The number of rotatable bonds is 4. The molecule has 1 aromatic heterocycles. The van der Waals surface area contributed by atoms with E-state index in [1.807, 2.05) is 11.0 Å². The van der Waals surface area contributed by atoms with Crippen molar-refractivity contribution in [3.8, 4) is 6.07 Å². The van der Waals surface area contributed by atoms with Crippen LogP contribution in [0.4, 0.5) is 5.82 Å². The summed E-state index contributed by atoms with van der Waals surface area (Å²) in [7, 11) is 0. The molecule has 0 spiro atoms. The molecular weight excluding hydrogens is 244 g/mol. The first-order chi connectivity index (χ1) is 9.17. The molecule has 7 nitrogen and oxygen atoms in total. The van der Waals surface area contributed by atoms with Gasteiger partial charge >= 0.3 is 0 Å². The maximum atomic E-state index is 10.8. The van der Waals surface area contributed by atoms with Crippen LogP contribution >= 0.6 is 0 Å². The van der Waals surface area contributed by atoms with Crippen molar-refractivity contribution in [1.82, 2.24) is 14.9 Å². The second kappa shape index (κ2) is 6.11. The number of anilines is 1. The van der Waals surface area contributed by atoms with Crippen LogP contribution in [0.1, 0.15) is 18.5 Å². The number of aromatic nitrogens is 2. The van der Waals surface area contributed by atoms with Crippen molar-refractivity contribution in [3.63, 3.8) is 0 Å². The summed E-state index contributed by atoms with van der Waals surface area (Å²) in [5.74, 6) is 0.386. The summed E-state index contributed by atoms with van der Waals surface area (Å²) < 4.78 is 0. The number of hydrogen-bond acceptors (Lipinski definition) is 6. The van der Waals surface area contributed by atoms with Crippen molar-refractivity contribution in [2.24, 2.45) is 5.73 Å². The van der Waals surface area contributed by atoms with Gasteiger partial charge in [-0.15, -0.1) is 0 Å². The average Bonchev–Trinajstić information content (AvgIpc) is 2.41. The van der Waals surface area contributed by atoms with E-state index in [4.69, 9.17) is 11.0 Å². The number of nitrogens with zero attached hydrogens (tertiary/aromatic N) is 4. The van der Waals surface area contributed by atoms with Gasteiger partial charge in [-0.2, -0.15) is 5.26 Å². The summed E-state index contributed by atoms with van der Waals surface area (Å²) in [4.78, 5) is 21.0. The molecule has 0 bridgehead atoms. The van der Waals surface area contributed by atoms with E-state index in [1.165, 1.54) is 6.20 Å². The molecule has 0 aromatic carbocycles. The summed E-state index contributed by atoms with van der Waals surface area (Å²) in [6.07, 6.45) is 4.86. The predicted molar refractivity (Wildman–Crippen MR) is 69.0 cm³/mol. The lowest BCUT2D eigenvalue weighted by Gasteiger charge is -2.31. The Morgan fingerprint density at radius 1 is 1.47 bits per heavy atom. The van der Waals surface area contributed by atoms with E-state index in [9.17, 15) is 4.79 Å². The molecule has 0 atom stereocenters. The quantitative estimate of drug-likeness (QED) is 0.770. The second-order valence-electron chi connectivity index (χ2n) is 4.56. The van der Waals surface area contributed by atoms with Gasteiger partial charge in [0.25, 0.3) is 0 Å². The zero-order valence-electron chi connectivity index (χ0n) is 10.5. The SMILES string of the molecule is N#Cc1cnc(NC2CCN(CC(N)=O)CC2)cn1. The Bertz CT molecular complexity index is 472. The molecule has 2 heterocycles. The highest BCUT2D eigenvalue weighted by Crippen LogP contribution is 2.14. The number of carbonyl (C=O) groups excluding carboxylic acids is 1. The zero-order chi connectivity index (χ0) is 13.7. The Labute approximate surface area is 111 Å². The van der Waals surface area contributed by atoms with Gasteiger partial charge in [-0.1, -0.05) is 0 Å². The largest absolute Gasteiger partial charge is 0.369 e. The molecule has 1 saturated heterocycles. The van der Waals surface area contributed by atoms with Crippen LogP contribution in [0, 0.1) is 11.3 Å². The van der Waals surface area contributed by atoms with Crippen molar-refractivity contribution < 1.29 is 4.79 Å². The molecule has 0 unspecified atom stereocenters. The van der Waals surface area contributed by atoms with Crippen molar-refractivity contribution in [3.05, 3.63) is 18.1 Å². The van der Waals surface area contributed by atoms with E-state index in [0.29, 0.717) is 24.1 Å². The van der Waals surface area contributed by atoms with Gasteiger partial charge < -0.3 is 11.1 Å². The number of amides is 1. The lowest BCUT2D eigenvalue weighted by molar-refractivity contribution is -0.119. The maximum absolute atomic E-state index is 10.8. The van der Waals surface area contributed by atoms with Gasteiger partial charge in [-0.3, -0.25) is 9.69 Å². The minimum absolute atomic E-state index is 0.288. The minimum atomic E-state index is -0.288. The molecule has 1 fully saturated rings. The molecule has 0 radical (unpaired) electrons. The smallest absolute Gasteiger partial charge is 0.231 e. The van der Waals surface area contributed by atoms with Crippen molar-refractivity contribution in [2.45, 2.75) is 18.9 Å². The summed E-state index contributed by atoms with van der Waals surface area (Å²) in [6.45, 7) is 2.00. The third-order valence-electron chi connectivity index (χ3n) is 3.09. The number of carbonyl (C=O) groups is 1. The molecular formula is C12H16N6O. The molecule has 3 N–H and O–H groups in total. The minimum Gasteiger partial charge on any atom is -0.369 e. The van der Waals surface area contributed by atoms with E-state index >= 15 is 0 Å². The number of nitrogens with one attached hydrogen (secondary N) is 1. The molecule has 1 amide bonds. The molecule has 2 rings (SSSR count). The van der Waals surface area contributed by atoms with Gasteiger partial charge in [-0.05, 0) is 12.8 Å². The number of primary amides is 1. The van der Waals surface area contributed by atoms with Gasteiger partial charge in [-0.25, -0.2) is 9.97 Å². The van der Waals surface area contributed by atoms with Gasteiger partial charge in [0, 0.05) is 19.1 Å². The topological polar surface area (TPSA) is 108 Å². The Morgan fingerprint density at radius 2 is 2.21 bits per heavy atom. The normalized spacial score (nSPS) is 16.8. The van der Waals surface area contributed by atoms with Crippen LogP contribution in [0.15, 0.2) is 12.4 Å². The highest BCUT2D eigenvalue weighted by molar-refractivity contribution is 5.75. The van der Waals surface area contributed by atoms with Crippen LogP contribution in [0.3, 0.4) is 0 Å². The van der Waals surface area contributed by atoms with Crippen molar-refractivity contribution >= 4 is 11.7 Å². The fraction of sp³-hybridized carbons (Fsp3) is 0.500. The van der Waals surface area contributed by atoms with Crippen LogP contribution in [-0.2, 0) is 4.79 Å². The number of nitriles is 1. The number of hydrogen-bond donors (Lipinski definition) is 2. The lowest BCUT2D eigenvalue weighted by atomic mass is 10.1. The fourth-order valence-electron chi connectivity index (χ4n) is 2.13. The summed E-state index contributed by atoms with van der Waals surface area (Å²) in [5, 5.41) is 11.9. The number of nitrogens with two attached hydrogens (primary N) is 1. The second-order valence-corrected chi connectivity index (χ2v) is 4.56. The van der Waals surface area contributed by atoms with E-state index in [2.05, 4.69) is 15.3 Å². The Hall–Kier alpha value is -2.20. The summed E-state index contributed by atoms with van der Waals surface area (Å²) >= 11 is 0. The van der Waals surface area contributed by atoms with Crippen LogP contribution in [0.5, 0.6) is 0 Å². The van der Waals surface area contributed by atoms with Crippen molar-refractivity contribution in [2.75, 3.05) is 25.0 Å². The van der Waals surface area contributed by atoms with Gasteiger partial charge in [0.05, 0.1) is 18.9 Å². The molecule has 100 valence electrons. The summed E-state index contributed by atoms with van der Waals surface area (Å²) in [5.41, 5.74) is 5.48. The first kappa shape index (κ1) is 13.2. The van der Waals surface area contributed by atoms with Gasteiger partial charge in [0.2, 0.25) is 5.91 Å². The highest BCUT2D eigenvalue weighted by atomic mass is 16.1. The number of likely N-dealkylation sites (tertiary alicyclic amines) is 1. The van der Waals surface area contributed by atoms with Crippen LogP contribution in [0.25, 0.3) is 0 Å². The van der Waals surface area contributed by atoms with E-state index in [0.717, 1.165) is 25.9 Å². The predicted octanol–water partition coefficient (Wildman–Crippen LogP) is -0.290. The summed E-state index contributed by atoms with van der Waals surface area (Å²) in [6, 6.07) is 2.24. The Kier molecular flexibility index (Phi) is 4.26. The average molecular weight is 260 g/mol. The molecule has 19 heavy (non-hydrogen) atoms.